The molecule has 164 valence electrons. The molecule has 4 aromatic rings. The topological polar surface area (TPSA) is 98.4 Å². The molecule has 0 bridgehead atoms. The van der Waals surface area contributed by atoms with Gasteiger partial charge < -0.3 is 16.4 Å². The number of pyridine rings is 1. The molecule has 0 saturated carbocycles. The quantitative estimate of drug-likeness (QED) is 0.511. The number of hydrogen-bond donors (Lipinski definition) is 2. The highest BCUT2D eigenvalue weighted by molar-refractivity contribution is 5.66. The molecule has 0 aliphatic carbocycles. The smallest absolute Gasteiger partial charge is 0.180 e. The van der Waals surface area contributed by atoms with Gasteiger partial charge in [0.1, 0.15) is 0 Å². The van der Waals surface area contributed by atoms with E-state index in [2.05, 4.69) is 19.9 Å². The molecule has 1 atom stereocenters. The summed E-state index contributed by atoms with van der Waals surface area (Å²) in [5.41, 5.74) is 16.8. The highest BCUT2D eigenvalue weighted by Crippen LogP contribution is 2.30. The van der Waals surface area contributed by atoms with E-state index in [1.165, 1.54) is 12.1 Å². The Balaban J connectivity index is 1.59. The van der Waals surface area contributed by atoms with Crippen molar-refractivity contribution in [3.8, 4) is 11.3 Å². The van der Waals surface area contributed by atoms with Crippen molar-refractivity contribution in [2.75, 3.05) is 23.7 Å². The monoisotopic (exact) mass is 435 g/mol. The van der Waals surface area contributed by atoms with Gasteiger partial charge in [-0.2, -0.15) is 0 Å². The van der Waals surface area contributed by atoms with Crippen LogP contribution in [0.3, 0.4) is 0 Å². The van der Waals surface area contributed by atoms with Crippen molar-refractivity contribution >= 4 is 17.2 Å². The number of halogens is 2. The molecule has 1 aliphatic rings. The van der Waals surface area contributed by atoms with Gasteiger partial charge in [0.05, 0.1) is 17.6 Å². The van der Waals surface area contributed by atoms with Crippen LogP contribution < -0.4 is 16.4 Å². The number of aromatic nitrogens is 4. The standard InChI is InChI=1S/C23H23F2N7/c24-18-4-3-14(9-19(18)25)20-10-15(21(12-29-20)31-6-1-2-16(26)13-31)8-17-11-30-23-22(27)28-5-7-32(17)23/h3-5,7,9-12,16H,1-2,6,8,13,26H2,(H2,27,28)/t16-/m1/s1. The maximum atomic E-state index is 13.8. The van der Waals surface area contributed by atoms with E-state index in [-0.39, 0.29) is 6.04 Å². The Morgan fingerprint density at radius 3 is 2.75 bits per heavy atom. The van der Waals surface area contributed by atoms with Crippen LogP contribution in [0.25, 0.3) is 16.9 Å². The van der Waals surface area contributed by atoms with E-state index in [1.807, 2.05) is 16.7 Å². The molecule has 5 rings (SSSR count). The van der Waals surface area contributed by atoms with Gasteiger partial charge >= 0.3 is 0 Å². The van der Waals surface area contributed by atoms with Crippen LogP contribution in [0.2, 0.25) is 0 Å². The molecule has 9 heteroatoms. The fourth-order valence-corrected chi connectivity index (χ4v) is 4.27. The second-order valence-corrected chi connectivity index (χ2v) is 8.11. The lowest BCUT2D eigenvalue weighted by Gasteiger charge is -2.34. The van der Waals surface area contributed by atoms with Crippen LogP contribution in [0.1, 0.15) is 24.1 Å². The third-order valence-corrected chi connectivity index (χ3v) is 5.88. The van der Waals surface area contributed by atoms with E-state index in [0.29, 0.717) is 29.1 Å². The predicted molar refractivity (Wildman–Crippen MR) is 119 cm³/mol. The number of fused-ring (bicyclic) bond motifs is 1. The average molecular weight is 435 g/mol. The molecule has 1 fully saturated rings. The van der Waals surface area contributed by atoms with Crippen molar-refractivity contribution in [1.29, 1.82) is 0 Å². The first kappa shape index (κ1) is 20.3. The molecule has 0 radical (unpaired) electrons. The van der Waals surface area contributed by atoms with E-state index in [1.54, 1.807) is 18.6 Å². The lowest BCUT2D eigenvalue weighted by Crippen LogP contribution is -2.43. The first-order chi connectivity index (χ1) is 15.5. The van der Waals surface area contributed by atoms with Crippen LogP contribution in [-0.4, -0.2) is 38.5 Å². The van der Waals surface area contributed by atoms with Crippen LogP contribution in [0.4, 0.5) is 20.3 Å². The molecule has 1 aliphatic heterocycles. The van der Waals surface area contributed by atoms with Gasteiger partial charge in [-0.05, 0) is 42.7 Å². The molecule has 32 heavy (non-hydrogen) atoms. The molecule has 4 N–H and O–H groups in total. The molecule has 0 spiro atoms. The number of hydrogen-bond acceptors (Lipinski definition) is 6. The lowest BCUT2D eigenvalue weighted by molar-refractivity contribution is 0.505. The zero-order chi connectivity index (χ0) is 22.2. The lowest BCUT2D eigenvalue weighted by atomic mass is 10.0. The second kappa shape index (κ2) is 8.16. The Morgan fingerprint density at radius 1 is 1.06 bits per heavy atom. The molecule has 3 aromatic heterocycles. The minimum Gasteiger partial charge on any atom is -0.381 e. The van der Waals surface area contributed by atoms with E-state index in [4.69, 9.17) is 11.5 Å². The summed E-state index contributed by atoms with van der Waals surface area (Å²) in [6.45, 7) is 1.63. The predicted octanol–water partition coefficient (Wildman–Crippen LogP) is 3.17. The summed E-state index contributed by atoms with van der Waals surface area (Å²) in [6.07, 6.45) is 9.57. The summed E-state index contributed by atoms with van der Waals surface area (Å²) in [5, 5.41) is 0. The number of rotatable bonds is 4. The number of nitrogen functional groups attached to an aromatic ring is 1. The van der Waals surface area contributed by atoms with Gasteiger partial charge in [-0.3, -0.25) is 9.38 Å². The third-order valence-electron chi connectivity index (χ3n) is 5.88. The maximum absolute atomic E-state index is 13.8. The number of benzene rings is 1. The van der Waals surface area contributed by atoms with Crippen molar-refractivity contribution in [3.05, 3.63) is 71.9 Å². The summed E-state index contributed by atoms with van der Waals surface area (Å²) in [6, 6.07) is 5.83. The summed E-state index contributed by atoms with van der Waals surface area (Å²) in [5.74, 6) is -1.43. The van der Waals surface area contributed by atoms with Gasteiger partial charge in [0.15, 0.2) is 23.1 Å². The summed E-state index contributed by atoms with van der Waals surface area (Å²) in [4.78, 5) is 15.3. The molecule has 0 unspecified atom stereocenters. The van der Waals surface area contributed by atoms with Crippen LogP contribution in [-0.2, 0) is 6.42 Å². The van der Waals surface area contributed by atoms with Crippen molar-refractivity contribution in [2.24, 2.45) is 5.73 Å². The van der Waals surface area contributed by atoms with Crippen molar-refractivity contribution in [3.63, 3.8) is 0 Å². The van der Waals surface area contributed by atoms with E-state index < -0.39 is 11.6 Å². The van der Waals surface area contributed by atoms with E-state index >= 15 is 0 Å². The fraction of sp³-hybridized carbons (Fsp3) is 0.261. The SMILES string of the molecule is Nc1nccn2c(Cc3cc(-c4ccc(F)c(F)c4)ncc3N3CCC[C@@H](N)C3)cnc12. The zero-order valence-electron chi connectivity index (χ0n) is 17.4. The normalized spacial score (nSPS) is 16.6. The van der Waals surface area contributed by atoms with E-state index in [0.717, 1.165) is 48.9 Å². The molecular weight excluding hydrogens is 412 g/mol. The number of nitrogens with two attached hydrogens (primary N) is 2. The Hall–Kier alpha value is -3.59. The Morgan fingerprint density at radius 2 is 1.94 bits per heavy atom. The number of anilines is 2. The van der Waals surface area contributed by atoms with Gasteiger partial charge in [0.25, 0.3) is 0 Å². The minimum absolute atomic E-state index is 0.101. The summed E-state index contributed by atoms with van der Waals surface area (Å²) in [7, 11) is 0. The van der Waals surface area contributed by atoms with Crippen LogP contribution >= 0.6 is 0 Å². The fourth-order valence-electron chi connectivity index (χ4n) is 4.27. The maximum Gasteiger partial charge on any atom is 0.180 e. The van der Waals surface area contributed by atoms with E-state index in [9.17, 15) is 8.78 Å². The highest BCUT2D eigenvalue weighted by Gasteiger charge is 2.21. The zero-order valence-corrected chi connectivity index (χ0v) is 17.4. The molecule has 4 heterocycles. The van der Waals surface area contributed by atoms with Gasteiger partial charge in [-0.15, -0.1) is 0 Å². The summed E-state index contributed by atoms with van der Waals surface area (Å²) >= 11 is 0. The van der Waals surface area contributed by atoms with Gasteiger partial charge in [0, 0.05) is 55.4 Å². The first-order valence-corrected chi connectivity index (χ1v) is 10.5. The van der Waals surface area contributed by atoms with Gasteiger partial charge in [0.2, 0.25) is 0 Å². The average Bonchev–Trinajstić information content (AvgIpc) is 3.20. The minimum atomic E-state index is -0.901. The Kier molecular flexibility index (Phi) is 5.18. The number of piperidine rings is 1. The van der Waals surface area contributed by atoms with Crippen molar-refractivity contribution in [2.45, 2.75) is 25.3 Å². The Labute approximate surface area is 183 Å². The van der Waals surface area contributed by atoms with Crippen LogP contribution in [0.5, 0.6) is 0 Å². The Bertz CT molecular complexity index is 1290. The highest BCUT2D eigenvalue weighted by atomic mass is 19.2. The van der Waals surface area contributed by atoms with Gasteiger partial charge in [-0.1, -0.05) is 0 Å². The van der Waals surface area contributed by atoms with Crippen molar-refractivity contribution < 1.29 is 8.78 Å². The molecule has 1 aromatic carbocycles. The largest absolute Gasteiger partial charge is 0.381 e. The number of imidazole rings is 1. The van der Waals surface area contributed by atoms with Crippen molar-refractivity contribution in [1.82, 2.24) is 19.4 Å². The molecule has 1 saturated heterocycles. The van der Waals surface area contributed by atoms with Crippen LogP contribution in [0, 0.1) is 11.6 Å². The van der Waals surface area contributed by atoms with Crippen LogP contribution in [0.15, 0.2) is 49.1 Å². The summed E-state index contributed by atoms with van der Waals surface area (Å²) < 4.78 is 29.2. The first-order valence-electron chi connectivity index (χ1n) is 10.5. The molecule has 7 nitrogen and oxygen atoms in total. The molecule has 0 amide bonds. The number of nitrogens with zero attached hydrogens (tertiary/aromatic N) is 5. The van der Waals surface area contributed by atoms with Gasteiger partial charge in [-0.25, -0.2) is 18.7 Å². The molecular formula is C23H23F2N7. The second-order valence-electron chi connectivity index (χ2n) is 8.11. The third kappa shape index (κ3) is 3.75.